The maximum absolute atomic E-state index is 13.1. The summed E-state index contributed by atoms with van der Waals surface area (Å²) >= 11 is 0. The smallest absolute Gasteiger partial charge is 0.323 e. The number of ether oxygens (including phenoxy) is 1. The van der Waals surface area contributed by atoms with Crippen LogP contribution in [-0.2, 0) is 0 Å². The van der Waals surface area contributed by atoms with Crippen LogP contribution in [-0.4, -0.2) is 39.1 Å². The Morgan fingerprint density at radius 2 is 1.30 bits per heavy atom. The van der Waals surface area contributed by atoms with Crippen LogP contribution in [0.2, 0.25) is 0 Å². The van der Waals surface area contributed by atoms with E-state index >= 15 is 0 Å². The number of imidazole rings is 2. The Balaban J connectivity index is 1.41. The van der Waals surface area contributed by atoms with Crippen LogP contribution < -0.4 is 37.4 Å². The first-order valence-electron chi connectivity index (χ1n) is 13.1. The van der Waals surface area contributed by atoms with Crippen LogP contribution in [0.25, 0.3) is 33.2 Å². The van der Waals surface area contributed by atoms with Crippen molar-refractivity contribution >= 4 is 56.9 Å². The predicted octanol–water partition coefficient (Wildman–Crippen LogP) is 5.30. The number of carbonyl (C=O) groups excluding carboxylic acids is 2. The van der Waals surface area contributed by atoms with Crippen molar-refractivity contribution < 1.29 is 14.3 Å². The van der Waals surface area contributed by atoms with Crippen LogP contribution in [0.3, 0.4) is 0 Å². The van der Waals surface area contributed by atoms with Gasteiger partial charge in [0, 0.05) is 34.3 Å². The fourth-order valence-corrected chi connectivity index (χ4v) is 4.90. The Kier molecular flexibility index (Phi) is 6.88. The van der Waals surface area contributed by atoms with Crippen molar-refractivity contribution in [3.8, 4) is 16.9 Å². The average molecular weight is 579 g/mol. The van der Waals surface area contributed by atoms with Crippen LogP contribution in [0.5, 0.6) is 5.75 Å². The van der Waals surface area contributed by atoms with E-state index in [4.69, 9.17) is 4.74 Å². The normalized spacial score (nSPS) is 10.9. The highest BCUT2D eigenvalue weighted by atomic mass is 16.5. The summed E-state index contributed by atoms with van der Waals surface area (Å²) in [4.78, 5) is 61.7. The van der Waals surface area contributed by atoms with E-state index in [0.29, 0.717) is 61.7 Å². The molecule has 0 unspecified atom stereocenters. The minimum absolute atomic E-state index is 0.327. The summed E-state index contributed by atoms with van der Waals surface area (Å²) in [6, 6.07) is 19.7. The molecule has 0 bridgehead atoms. The summed E-state index contributed by atoms with van der Waals surface area (Å²) in [7, 11) is 1.53. The van der Waals surface area contributed by atoms with Gasteiger partial charge in [-0.2, -0.15) is 0 Å². The van der Waals surface area contributed by atoms with Gasteiger partial charge in [-0.05, 0) is 61.0 Å². The van der Waals surface area contributed by atoms with Gasteiger partial charge in [0.2, 0.25) is 0 Å². The van der Waals surface area contributed by atoms with Gasteiger partial charge >= 0.3 is 23.4 Å². The van der Waals surface area contributed by atoms with Crippen molar-refractivity contribution in [2.45, 2.75) is 6.92 Å². The molecule has 8 N–H and O–H groups in total. The molecule has 0 aliphatic rings. The third-order valence-corrected chi connectivity index (χ3v) is 6.70. The molecule has 6 aromatic rings. The highest BCUT2D eigenvalue weighted by Crippen LogP contribution is 2.38. The van der Waals surface area contributed by atoms with E-state index in [1.165, 1.54) is 7.11 Å². The number of amides is 4. The Bertz CT molecular complexity index is 2140. The summed E-state index contributed by atoms with van der Waals surface area (Å²) in [5.41, 5.74) is 4.32. The van der Waals surface area contributed by atoms with E-state index in [9.17, 15) is 19.2 Å². The molecule has 0 saturated heterocycles. The highest BCUT2D eigenvalue weighted by molar-refractivity contribution is 6.12. The summed E-state index contributed by atoms with van der Waals surface area (Å²) < 4.78 is 5.23. The zero-order valence-electron chi connectivity index (χ0n) is 23.0. The van der Waals surface area contributed by atoms with E-state index in [0.717, 1.165) is 5.56 Å². The second kappa shape index (κ2) is 11.0. The molecule has 0 fully saturated rings. The summed E-state index contributed by atoms with van der Waals surface area (Å²) in [6.07, 6.45) is 0. The minimum atomic E-state index is -0.558. The summed E-state index contributed by atoms with van der Waals surface area (Å²) in [6.45, 7) is 1.92. The van der Waals surface area contributed by atoms with Crippen LogP contribution in [0.1, 0.15) is 5.56 Å². The molecule has 13 heteroatoms. The van der Waals surface area contributed by atoms with E-state index < -0.39 is 23.4 Å². The van der Waals surface area contributed by atoms with Crippen LogP contribution in [0, 0.1) is 6.92 Å². The van der Waals surface area contributed by atoms with Gasteiger partial charge in [-0.15, -0.1) is 0 Å². The molecule has 4 aromatic carbocycles. The standard InChI is InChI=1S/C30H26N8O5/c1-15-5-3-6-16(11-15)31-27(39)33-18-13-20(25-23(14-18)36-30(42)37-25)24-21(9-10-22-26(24)38-29(41)35-22)34-28(40)32-17-7-4-8-19(12-17)43-2/h3-14H,1-2H3,(H2,31,33,39)(H2,32,34,40)(H2,35,38,41)(H2,36,37,42). The maximum Gasteiger partial charge on any atom is 0.323 e. The van der Waals surface area contributed by atoms with Crippen molar-refractivity contribution in [3.63, 3.8) is 0 Å². The lowest BCUT2D eigenvalue weighted by Crippen LogP contribution is -2.20. The molecule has 0 aliphatic heterocycles. The van der Waals surface area contributed by atoms with Gasteiger partial charge in [-0.1, -0.05) is 18.2 Å². The third kappa shape index (κ3) is 5.67. The van der Waals surface area contributed by atoms with Gasteiger partial charge in [-0.3, -0.25) is 0 Å². The fourth-order valence-electron chi connectivity index (χ4n) is 4.90. The number of H-pyrrole nitrogens is 4. The third-order valence-electron chi connectivity index (χ3n) is 6.70. The molecule has 0 radical (unpaired) electrons. The predicted molar refractivity (Wildman–Crippen MR) is 166 cm³/mol. The van der Waals surface area contributed by atoms with Gasteiger partial charge in [0.05, 0.1) is 34.9 Å². The quantitative estimate of drug-likeness (QED) is 0.133. The van der Waals surface area contributed by atoms with Crippen LogP contribution in [0.4, 0.5) is 32.3 Å². The largest absolute Gasteiger partial charge is 0.497 e. The molecule has 0 spiro atoms. The van der Waals surface area contributed by atoms with Crippen molar-refractivity contribution in [1.29, 1.82) is 0 Å². The molecular weight excluding hydrogens is 552 g/mol. The van der Waals surface area contributed by atoms with E-state index in [-0.39, 0.29) is 0 Å². The van der Waals surface area contributed by atoms with E-state index in [1.54, 1.807) is 54.6 Å². The SMILES string of the molecule is COc1cccc(NC(=O)Nc2ccc3[nH]c(=O)[nH]c3c2-c2cc(NC(=O)Nc3cccc(C)c3)cc3[nH]c(=O)[nH]c23)c1. The second-order valence-corrected chi connectivity index (χ2v) is 9.77. The van der Waals surface area contributed by atoms with Crippen molar-refractivity contribution in [3.05, 3.63) is 99.3 Å². The lowest BCUT2D eigenvalue weighted by atomic mass is 9.99. The van der Waals surface area contributed by atoms with Crippen molar-refractivity contribution in [2.24, 2.45) is 0 Å². The molecular formula is C30H26N8O5. The molecule has 43 heavy (non-hydrogen) atoms. The molecule has 0 saturated carbocycles. The maximum atomic E-state index is 13.1. The van der Waals surface area contributed by atoms with Crippen LogP contribution >= 0.6 is 0 Å². The van der Waals surface area contributed by atoms with E-state index in [1.807, 2.05) is 25.1 Å². The molecule has 13 nitrogen and oxygen atoms in total. The number of aromatic amines is 4. The first kappa shape index (κ1) is 27.0. The fraction of sp³-hybridized carbons (Fsp3) is 0.0667. The molecule has 0 atom stereocenters. The van der Waals surface area contributed by atoms with Crippen LogP contribution in [0.15, 0.2) is 82.4 Å². The number of nitrogens with one attached hydrogen (secondary N) is 8. The summed E-state index contributed by atoms with van der Waals surface area (Å²) in [5, 5.41) is 11.2. The Hall–Kier alpha value is -6.24. The molecule has 0 aliphatic carbocycles. The summed E-state index contributed by atoms with van der Waals surface area (Å²) in [5.74, 6) is 0.569. The number of anilines is 4. The number of aromatic nitrogens is 4. The highest BCUT2D eigenvalue weighted by Gasteiger charge is 2.20. The first-order valence-corrected chi connectivity index (χ1v) is 13.1. The Morgan fingerprint density at radius 3 is 2.05 bits per heavy atom. The van der Waals surface area contributed by atoms with Gasteiger partial charge in [0.25, 0.3) is 0 Å². The molecule has 216 valence electrons. The number of rotatable bonds is 6. The molecule has 6 rings (SSSR count). The van der Waals surface area contributed by atoms with Crippen molar-refractivity contribution in [1.82, 2.24) is 19.9 Å². The van der Waals surface area contributed by atoms with Gasteiger partial charge < -0.3 is 45.9 Å². The minimum Gasteiger partial charge on any atom is -0.497 e. The van der Waals surface area contributed by atoms with Gasteiger partial charge in [-0.25, -0.2) is 19.2 Å². The number of hydrogen-bond donors (Lipinski definition) is 8. The number of hydrogen-bond acceptors (Lipinski definition) is 5. The number of methoxy groups -OCH3 is 1. The Labute approximate surface area is 242 Å². The molecule has 2 aromatic heterocycles. The van der Waals surface area contributed by atoms with E-state index in [2.05, 4.69) is 41.2 Å². The number of fused-ring (bicyclic) bond motifs is 2. The second-order valence-electron chi connectivity index (χ2n) is 9.77. The Morgan fingerprint density at radius 1 is 0.651 bits per heavy atom. The average Bonchev–Trinajstić information content (AvgIpc) is 3.53. The molecule has 2 heterocycles. The molecule has 4 amide bonds. The van der Waals surface area contributed by atoms with Gasteiger partial charge in [0.15, 0.2) is 0 Å². The topological polar surface area (TPSA) is 189 Å². The first-order chi connectivity index (χ1) is 20.7. The number of carbonyl (C=O) groups is 2. The lowest BCUT2D eigenvalue weighted by Gasteiger charge is -2.16. The number of urea groups is 2. The zero-order chi connectivity index (χ0) is 30.1. The monoisotopic (exact) mass is 578 g/mol. The number of aryl methyl sites for hydroxylation is 1. The van der Waals surface area contributed by atoms with Gasteiger partial charge in [0.1, 0.15) is 5.75 Å². The van der Waals surface area contributed by atoms with Crippen molar-refractivity contribution in [2.75, 3.05) is 28.4 Å². The number of benzene rings is 4. The lowest BCUT2D eigenvalue weighted by molar-refractivity contribution is 0.261. The zero-order valence-corrected chi connectivity index (χ0v) is 23.0.